The Morgan fingerprint density at radius 2 is 1.97 bits per heavy atom. The van der Waals surface area contributed by atoms with Crippen LogP contribution in [0.5, 0.6) is 0 Å². The number of halogens is 1. The van der Waals surface area contributed by atoms with Gasteiger partial charge >= 0.3 is 6.03 Å². The Morgan fingerprint density at radius 3 is 2.59 bits per heavy atom. The van der Waals surface area contributed by atoms with Crippen LogP contribution in [0.25, 0.3) is 6.08 Å². The van der Waals surface area contributed by atoms with Crippen LogP contribution < -0.4 is 5.32 Å². The number of aryl methyl sites for hydroxylation is 1. The zero-order chi connectivity index (χ0) is 24.3. The number of hydrogen-bond donors (Lipinski definition) is 1. The van der Waals surface area contributed by atoms with Crippen molar-refractivity contribution >= 4 is 35.3 Å². The van der Waals surface area contributed by atoms with Crippen molar-refractivity contribution in [1.82, 2.24) is 20.1 Å². The van der Waals surface area contributed by atoms with Crippen molar-refractivity contribution in [2.24, 2.45) is 5.92 Å². The number of likely N-dealkylation sites (tertiary alicyclic amines) is 1. The Bertz CT molecular complexity index is 1090. The molecule has 0 unspecified atom stereocenters. The highest BCUT2D eigenvalue weighted by atomic mass is 32.1. The number of aromatic nitrogens is 1. The summed E-state index contributed by atoms with van der Waals surface area (Å²) in [6, 6.07) is 5.61. The Morgan fingerprint density at radius 1 is 1.26 bits per heavy atom. The number of nitrogens with one attached hydrogen (secondary N) is 1. The number of benzene rings is 1. The molecule has 0 radical (unpaired) electrons. The third kappa shape index (κ3) is 4.75. The van der Waals surface area contributed by atoms with Gasteiger partial charge in [-0.1, -0.05) is 19.1 Å². The summed E-state index contributed by atoms with van der Waals surface area (Å²) < 4.78 is 13.0. The molecule has 0 aliphatic carbocycles. The predicted octanol–water partition coefficient (Wildman–Crippen LogP) is 3.79. The van der Waals surface area contributed by atoms with Crippen molar-refractivity contribution in [2.45, 2.75) is 45.1 Å². The van der Waals surface area contributed by atoms with E-state index in [0.717, 1.165) is 16.1 Å². The lowest BCUT2D eigenvalue weighted by atomic mass is 9.75. The van der Waals surface area contributed by atoms with E-state index in [4.69, 9.17) is 0 Å². The van der Waals surface area contributed by atoms with E-state index in [2.05, 4.69) is 10.3 Å². The molecule has 1 aromatic carbocycles. The molecular weight excluding hydrogens is 455 g/mol. The number of carbonyl (C=O) groups is 3. The normalized spacial score (nSPS) is 21.5. The molecule has 4 rings (SSSR count). The van der Waals surface area contributed by atoms with E-state index >= 15 is 0 Å². The predicted molar refractivity (Wildman–Crippen MR) is 129 cm³/mol. The van der Waals surface area contributed by atoms with E-state index < -0.39 is 5.54 Å². The van der Waals surface area contributed by atoms with Crippen LogP contribution in [0.1, 0.15) is 42.3 Å². The number of piperidine rings is 1. The summed E-state index contributed by atoms with van der Waals surface area (Å²) in [6.45, 7) is 5.22. The number of nitrogens with zero attached hydrogens (tertiary/aromatic N) is 3. The molecule has 0 bridgehead atoms. The van der Waals surface area contributed by atoms with Crippen LogP contribution in [-0.2, 0) is 16.0 Å². The Balaban J connectivity index is 1.36. The molecule has 2 saturated heterocycles. The molecule has 0 spiro atoms. The van der Waals surface area contributed by atoms with Gasteiger partial charge in [0, 0.05) is 37.0 Å². The fourth-order valence-corrected chi connectivity index (χ4v) is 5.64. The summed E-state index contributed by atoms with van der Waals surface area (Å²) in [5.41, 5.74) is 2.54. The van der Waals surface area contributed by atoms with Crippen molar-refractivity contribution < 1.29 is 18.8 Å². The molecule has 34 heavy (non-hydrogen) atoms. The molecule has 180 valence electrons. The maximum atomic E-state index is 13.4. The van der Waals surface area contributed by atoms with Crippen LogP contribution in [0.4, 0.5) is 9.18 Å². The minimum absolute atomic E-state index is 0.0331. The second-order valence-corrected chi connectivity index (χ2v) is 9.75. The fraction of sp³-hybridized carbons (Fsp3) is 0.440. The van der Waals surface area contributed by atoms with Crippen LogP contribution >= 0.6 is 11.3 Å². The van der Waals surface area contributed by atoms with Gasteiger partial charge < -0.3 is 10.2 Å². The van der Waals surface area contributed by atoms with Gasteiger partial charge in [-0.05, 0) is 55.9 Å². The highest BCUT2D eigenvalue weighted by molar-refractivity contribution is 7.09. The molecule has 4 amide bonds. The second kappa shape index (κ2) is 10.0. The minimum atomic E-state index is -0.918. The Hall–Kier alpha value is -3.07. The van der Waals surface area contributed by atoms with Gasteiger partial charge in [-0.3, -0.25) is 14.5 Å². The average molecular weight is 485 g/mol. The molecule has 1 aromatic heterocycles. The zero-order valence-electron chi connectivity index (χ0n) is 19.4. The molecule has 2 aliphatic heterocycles. The monoisotopic (exact) mass is 484 g/mol. The molecule has 3 heterocycles. The minimum Gasteiger partial charge on any atom is -0.339 e. The number of thiazole rings is 1. The number of amides is 4. The van der Waals surface area contributed by atoms with Crippen molar-refractivity contribution in [3.63, 3.8) is 0 Å². The zero-order valence-corrected chi connectivity index (χ0v) is 20.2. The third-order valence-electron chi connectivity index (χ3n) is 6.96. The molecule has 2 aliphatic rings. The van der Waals surface area contributed by atoms with Crippen LogP contribution in [0.15, 0.2) is 35.9 Å². The third-order valence-corrected chi connectivity index (χ3v) is 7.95. The van der Waals surface area contributed by atoms with Crippen molar-refractivity contribution in [2.75, 3.05) is 19.6 Å². The largest absolute Gasteiger partial charge is 0.339 e. The number of rotatable bonds is 7. The lowest BCUT2D eigenvalue weighted by Gasteiger charge is -2.40. The van der Waals surface area contributed by atoms with Gasteiger partial charge in [-0.25, -0.2) is 14.2 Å². The van der Waals surface area contributed by atoms with Gasteiger partial charge in [-0.2, -0.15) is 0 Å². The Kier molecular flexibility index (Phi) is 7.11. The van der Waals surface area contributed by atoms with Crippen LogP contribution in [0, 0.1) is 18.7 Å². The lowest BCUT2D eigenvalue weighted by Crippen LogP contribution is -2.56. The highest BCUT2D eigenvalue weighted by Crippen LogP contribution is 2.36. The van der Waals surface area contributed by atoms with Gasteiger partial charge in [0.2, 0.25) is 5.91 Å². The summed E-state index contributed by atoms with van der Waals surface area (Å²) in [6.07, 6.45) is 5.55. The first-order valence-electron chi connectivity index (χ1n) is 11.6. The van der Waals surface area contributed by atoms with E-state index in [1.54, 1.807) is 28.6 Å². The highest BCUT2D eigenvalue weighted by Gasteiger charge is 2.54. The fourth-order valence-electron chi connectivity index (χ4n) is 4.87. The molecule has 1 atom stereocenters. The van der Waals surface area contributed by atoms with Gasteiger partial charge in [0.05, 0.1) is 11.2 Å². The SMILES string of the molecule is CC[C@@]1(C2CCN(C(=O)/C=C/c3ccc(F)cc3)CC2)NC(=O)N(CCc2scnc2C)C1=O. The van der Waals surface area contributed by atoms with Crippen LogP contribution in [0.2, 0.25) is 0 Å². The molecule has 1 N–H and O–H groups in total. The van der Waals surface area contributed by atoms with Crippen molar-refractivity contribution in [3.8, 4) is 0 Å². The summed E-state index contributed by atoms with van der Waals surface area (Å²) >= 11 is 1.53. The van der Waals surface area contributed by atoms with Gasteiger partial charge in [0.15, 0.2) is 0 Å². The second-order valence-electron chi connectivity index (χ2n) is 8.81. The van der Waals surface area contributed by atoms with Crippen LogP contribution in [0.3, 0.4) is 0 Å². The summed E-state index contributed by atoms with van der Waals surface area (Å²) in [5, 5.41) is 3.00. The van der Waals surface area contributed by atoms with Crippen LogP contribution in [-0.4, -0.2) is 57.8 Å². The quantitative estimate of drug-likeness (QED) is 0.479. The lowest BCUT2D eigenvalue weighted by molar-refractivity contribution is -0.135. The van der Waals surface area contributed by atoms with E-state index in [-0.39, 0.29) is 29.6 Å². The smallest absolute Gasteiger partial charge is 0.325 e. The summed E-state index contributed by atoms with van der Waals surface area (Å²) in [4.78, 5) is 47.2. The Labute approximate surface area is 202 Å². The van der Waals surface area contributed by atoms with Gasteiger partial charge in [-0.15, -0.1) is 11.3 Å². The topological polar surface area (TPSA) is 82.6 Å². The van der Waals surface area contributed by atoms with E-state index in [9.17, 15) is 18.8 Å². The number of urea groups is 1. The number of hydrogen-bond acceptors (Lipinski definition) is 5. The maximum absolute atomic E-state index is 13.4. The molecule has 2 fully saturated rings. The molecule has 2 aromatic rings. The molecule has 0 saturated carbocycles. The summed E-state index contributed by atoms with van der Waals surface area (Å²) in [5.74, 6) is -0.629. The van der Waals surface area contributed by atoms with E-state index in [1.807, 2.05) is 13.8 Å². The van der Waals surface area contributed by atoms with E-state index in [0.29, 0.717) is 45.3 Å². The van der Waals surface area contributed by atoms with Crippen molar-refractivity contribution in [1.29, 1.82) is 0 Å². The van der Waals surface area contributed by atoms with Gasteiger partial charge in [0.25, 0.3) is 5.91 Å². The standard InChI is InChI=1S/C25H29FN4O3S/c1-3-25(23(32)30(24(33)28-25)15-12-21-17(2)27-16-34-21)19-10-13-29(14-11-19)22(31)9-6-18-4-7-20(26)8-5-18/h4-9,16,19H,3,10-15H2,1-2H3,(H,28,33)/b9-6+/t25-/m0/s1. The molecule has 9 heteroatoms. The first-order valence-corrected chi connectivity index (χ1v) is 12.5. The van der Waals surface area contributed by atoms with Gasteiger partial charge in [0.1, 0.15) is 11.4 Å². The van der Waals surface area contributed by atoms with Crippen molar-refractivity contribution in [3.05, 3.63) is 57.8 Å². The average Bonchev–Trinajstić information content (AvgIpc) is 3.37. The van der Waals surface area contributed by atoms with E-state index in [1.165, 1.54) is 34.4 Å². The summed E-state index contributed by atoms with van der Waals surface area (Å²) in [7, 11) is 0. The number of imide groups is 1. The first-order chi connectivity index (χ1) is 16.3. The first kappa shape index (κ1) is 24.1. The molecule has 7 nitrogen and oxygen atoms in total. The molecular formula is C25H29FN4O3S. The maximum Gasteiger partial charge on any atom is 0.325 e. The number of carbonyl (C=O) groups excluding carboxylic acids is 3.